The lowest BCUT2D eigenvalue weighted by Gasteiger charge is -2.18. The van der Waals surface area contributed by atoms with E-state index in [1.807, 2.05) is 0 Å². The van der Waals surface area contributed by atoms with Crippen LogP contribution >= 0.6 is 0 Å². The van der Waals surface area contributed by atoms with Crippen LogP contribution in [0.3, 0.4) is 0 Å². The Morgan fingerprint density at radius 3 is 2.65 bits per heavy atom. The van der Waals surface area contributed by atoms with Gasteiger partial charge in [-0.3, -0.25) is 0 Å². The van der Waals surface area contributed by atoms with Crippen LogP contribution in [0, 0.1) is 5.92 Å². The summed E-state index contributed by atoms with van der Waals surface area (Å²) in [7, 11) is 0. The lowest BCUT2D eigenvalue weighted by Crippen LogP contribution is -2.30. The Kier molecular flexibility index (Phi) is 3.19. The van der Waals surface area contributed by atoms with Gasteiger partial charge in [-0.1, -0.05) is 37.6 Å². The fraction of sp³-hybridized carbons (Fsp3) is 0.625. The molecule has 3 rings (SSSR count). The van der Waals surface area contributed by atoms with Crippen LogP contribution in [0.2, 0.25) is 0 Å². The second-order valence-electron chi connectivity index (χ2n) is 5.87. The topological polar surface area (TPSA) is 12.0 Å². The Morgan fingerprint density at radius 1 is 1.12 bits per heavy atom. The Morgan fingerprint density at radius 2 is 1.94 bits per heavy atom. The molecule has 1 aromatic carbocycles. The molecule has 2 aliphatic rings. The summed E-state index contributed by atoms with van der Waals surface area (Å²) in [6.45, 7) is 3.46. The molecule has 0 aliphatic heterocycles. The molecule has 1 heteroatoms. The van der Waals surface area contributed by atoms with Gasteiger partial charge in [-0.05, 0) is 48.6 Å². The Bertz CT molecular complexity index is 381. The first kappa shape index (κ1) is 11.3. The molecule has 2 atom stereocenters. The number of hydrogen-bond donors (Lipinski definition) is 1. The van der Waals surface area contributed by atoms with E-state index in [2.05, 4.69) is 36.5 Å². The molecule has 2 aliphatic carbocycles. The molecule has 1 nitrogen and oxygen atoms in total. The van der Waals surface area contributed by atoms with E-state index in [0.29, 0.717) is 0 Å². The van der Waals surface area contributed by atoms with Crippen LogP contribution in [-0.4, -0.2) is 6.04 Å². The maximum Gasteiger partial charge on any atom is 0.0211 e. The molecular formula is C16H23N. The monoisotopic (exact) mass is 229 g/mol. The Hall–Kier alpha value is -0.820. The van der Waals surface area contributed by atoms with Crippen LogP contribution < -0.4 is 5.32 Å². The highest BCUT2D eigenvalue weighted by atomic mass is 14.9. The molecular weight excluding hydrogens is 206 g/mol. The van der Waals surface area contributed by atoms with Crippen molar-refractivity contribution in [1.82, 2.24) is 5.32 Å². The summed E-state index contributed by atoms with van der Waals surface area (Å²) in [6, 6.07) is 9.76. The van der Waals surface area contributed by atoms with Gasteiger partial charge in [-0.2, -0.15) is 0 Å². The van der Waals surface area contributed by atoms with Crippen molar-refractivity contribution in [3.8, 4) is 0 Å². The van der Waals surface area contributed by atoms with Crippen LogP contribution in [0.15, 0.2) is 24.3 Å². The number of rotatable bonds is 4. The zero-order valence-corrected chi connectivity index (χ0v) is 10.8. The average molecular weight is 229 g/mol. The second kappa shape index (κ2) is 4.81. The Labute approximate surface area is 105 Å². The summed E-state index contributed by atoms with van der Waals surface area (Å²) < 4.78 is 0. The van der Waals surface area contributed by atoms with Crippen molar-refractivity contribution in [2.75, 3.05) is 0 Å². The smallest absolute Gasteiger partial charge is 0.0211 e. The molecule has 2 fully saturated rings. The van der Waals surface area contributed by atoms with Crippen molar-refractivity contribution < 1.29 is 0 Å². The molecule has 0 spiro atoms. The van der Waals surface area contributed by atoms with Crippen LogP contribution in [0.4, 0.5) is 0 Å². The molecule has 0 bridgehead atoms. The minimum absolute atomic E-state index is 0.752. The van der Waals surface area contributed by atoms with Gasteiger partial charge in [0.15, 0.2) is 0 Å². The van der Waals surface area contributed by atoms with E-state index < -0.39 is 0 Å². The van der Waals surface area contributed by atoms with Crippen LogP contribution in [0.25, 0.3) is 0 Å². The van der Waals surface area contributed by atoms with Gasteiger partial charge >= 0.3 is 0 Å². The summed E-state index contributed by atoms with van der Waals surface area (Å²) in [5, 5.41) is 3.77. The number of benzene rings is 1. The van der Waals surface area contributed by atoms with Gasteiger partial charge in [0.2, 0.25) is 0 Å². The molecule has 2 saturated carbocycles. The number of hydrogen-bond acceptors (Lipinski definition) is 1. The lowest BCUT2D eigenvalue weighted by atomic mass is 10.0. The van der Waals surface area contributed by atoms with E-state index in [1.54, 1.807) is 5.56 Å². The molecule has 2 unspecified atom stereocenters. The van der Waals surface area contributed by atoms with Crippen molar-refractivity contribution in [3.05, 3.63) is 35.4 Å². The standard InChI is InChI=1S/C16H23N/c1-12-5-4-8-16(12)17-11-14-6-2-3-7-15(14)13-9-10-13/h2-3,6-7,12-13,16-17H,4-5,8-11H2,1H3. The summed E-state index contributed by atoms with van der Waals surface area (Å²) in [5.41, 5.74) is 3.14. The second-order valence-corrected chi connectivity index (χ2v) is 5.87. The zero-order valence-electron chi connectivity index (χ0n) is 10.8. The quantitative estimate of drug-likeness (QED) is 0.827. The predicted molar refractivity (Wildman–Crippen MR) is 72.1 cm³/mol. The third-order valence-electron chi connectivity index (χ3n) is 4.49. The van der Waals surface area contributed by atoms with Gasteiger partial charge < -0.3 is 5.32 Å². The summed E-state index contributed by atoms with van der Waals surface area (Å²) in [4.78, 5) is 0. The van der Waals surface area contributed by atoms with E-state index in [1.165, 1.54) is 37.7 Å². The van der Waals surface area contributed by atoms with Gasteiger partial charge in [-0.15, -0.1) is 0 Å². The highest BCUT2D eigenvalue weighted by Gasteiger charge is 2.26. The average Bonchev–Trinajstić information content (AvgIpc) is 3.11. The van der Waals surface area contributed by atoms with E-state index in [0.717, 1.165) is 24.4 Å². The van der Waals surface area contributed by atoms with Crippen molar-refractivity contribution >= 4 is 0 Å². The molecule has 0 radical (unpaired) electrons. The lowest BCUT2D eigenvalue weighted by molar-refractivity contribution is 0.425. The zero-order chi connectivity index (χ0) is 11.7. The number of nitrogens with one attached hydrogen (secondary N) is 1. The van der Waals surface area contributed by atoms with Gasteiger partial charge in [-0.25, -0.2) is 0 Å². The van der Waals surface area contributed by atoms with E-state index >= 15 is 0 Å². The maximum absolute atomic E-state index is 3.77. The maximum atomic E-state index is 3.77. The third kappa shape index (κ3) is 2.55. The van der Waals surface area contributed by atoms with Crippen molar-refractivity contribution in [3.63, 3.8) is 0 Å². The molecule has 1 aromatic rings. The highest BCUT2D eigenvalue weighted by molar-refractivity contribution is 5.33. The fourth-order valence-corrected chi connectivity index (χ4v) is 3.18. The molecule has 0 aromatic heterocycles. The predicted octanol–water partition coefficient (Wildman–Crippen LogP) is 3.84. The molecule has 1 N–H and O–H groups in total. The normalized spacial score (nSPS) is 28.5. The minimum Gasteiger partial charge on any atom is -0.310 e. The first-order chi connectivity index (χ1) is 8.34. The highest BCUT2D eigenvalue weighted by Crippen LogP contribution is 2.41. The van der Waals surface area contributed by atoms with Crippen LogP contribution in [-0.2, 0) is 6.54 Å². The molecule has 17 heavy (non-hydrogen) atoms. The molecule has 0 saturated heterocycles. The molecule has 0 amide bonds. The molecule has 92 valence electrons. The van der Waals surface area contributed by atoms with Gasteiger partial charge in [0.25, 0.3) is 0 Å². The van der Waals surface area contributed by atoms with E-state index in [4.69, 9.17) is 0 Å². The van der Waals surface area contributed by atoms with E-state index in [9.17, 15) is 0 Å². The first-order valence-electron chi connectivity index (χ1n) is 7.16. The van der Waals surface area contributed by atoms with Crippen LogP contribution in [0.5, 0.6) is 0 Å². The van der Waals surface area contributed by atoms with Crippen molar-refractivity contribution in [2.45, 2.75) is 57.5 Å². The Balaban J connectivity index is 1.64. The van der Waals surface area contributed by atoms with Crippen molar-refractivity contribution in [1.29, 1.82) is 0 Å². The summed E-state index contributed by atoms with van der Waals surface area (Å²) in [5.74, 6) is 1.73. The third-order valence-corrected chi connectivity index (χ3v) is 4.49. The first-order valence-corrected chi connectivity index (χ1v) is 7.16. The van der Waals surface area contributed by atoms with Crippen LogP contribution in [0.1, 0.15) is 56.1 Å². The van der Waals surface area contributed by atoms with Crippen molar-refractivity contribution in [2.24, 2.45) is 5.92 Å². The van der Waals surface area contributed by atoms with E-state index in [-0.39, 0.29) is 0 Å². The van der Waals surface area contributed by atoms with Gasteiger partial charge in [0.05, 0.1) is 0 Å². The summed E-state index contributed by atoms with van der Waals surface area (Å²) in [6.07, 6.45) is 6.98. The fourth-order valence-electron chi connectivity index (χ4n) is 3.18. The van der Waals surface area contributed by atoms with Gasteiger partial charge in [0.1, 0.15) is 0 Å². The van der Waals surface area contributed by atoms with Gasteiger partial charge in [0, 0.05) is 12.6 Å². The minimum atomic E-state index is 0.752. The molecule has 0 heterocycles. The summed E-state index contributed by atoms with van der Waals surface area (Å²) >= 11 is 0. The SMILES string of the molecule is CC1CCCC1NCc1ccccc1C1CC1. The largest absolute Gasteiger partial charge is 0.310 e.